The average Bonchev–Trinajstić information content (AvgIpc) is 2.76. The number of carbonyl (C=O) groups is 3. The van der Waals surface area contributed by atoms with Crippen LogP contribution >= 0.6 is 0 Å². The molecule has 1 aromatic carbocycles. The molecule has 2 aliphatic rings. The summed E-state index contributed by atoms with van der Waals surface area (Å²) in [5.74, 6) is -1.51. The lowest BCUT2D eigenvalue weighted by molar-refractivity contribution is -0.142. The fraction of sp³-hybridized carbons (Fsp3) is 0.625. The van der Waals surface area contributed by atoms with E-state index in [4.69, 9.17) is 4.74 Å². The standard InChI is InChI=1S/C24H37N3O5/c1-16(2)14-20-19(23(29)26-31)8-6-5-7-13-32-18-11-9-17(10-12-18)15-21(25-22(20)28)24(30)27(3)4/h9-12,16,19-21,31H,5-8,13-15H2,1-4H3,(H,25,28)(H,26,29)/t19-,20+,21-/m0/s1. The van der Waals surface area contributed by atoms with Gasteiger partial charge >= 0.3 is 0 Å². The third kappa shape index (κ3) is 7.51. The zero-order valence-electron chi connectivity index (χ0n) is 19.6. The molecule has 2 aliphatic heterocycles. The second kappa shape index (κ2) is 12.4. The Morgan fingerprint density at radius 3 is 2.47 bits per heavy atom. The molecule has 8 heteroatoms. The molecular weight excluding hydrogens is 410 g/mol. The lowest BCUT2D eigenvalue weighted by Crippen LogP contribution is -2.51. The van der Waals surface area contributed by atoms with Crippen LogP contribution in [0.4, 0.5) is 0 Å². The number of benzene rings is 1. The number of nitrogens with one attached hydrogen (secondary N) is 2. The second-order valence-electron chi connectivity index (χ2n) is 9.16. The lowest BCUT2D eigenvalue weighted by Gasteiger charge is -2.29. The lowest BCUT2D eigenvalue weighted by atomic mass is 9.81. The minimum atomic E-state index is -0.760. The fourth-order valence-electron chi connectivity index (χ4n) is 4.14. The Labute approximate surface area is 190 Å². The summed E-state index contributed by atoms with van der Waals surface area (Å²) in [4.78, 5) is 40.2. The smallest absolute Gasteiger partial charge is 0.247 e. The summed E-state index contributed by atoms with van der Waals surface area (Å²) in [7, 11) is 3.30. The number of nitrogens with zero attached hydrogens (tertiary/aromatic N) is 1. The van der Waals surface area contributed by atoms with Gasteiger partial charge in [0.25, 0.3) is 0 Å². The molecule has 32 heavy (non-hydrogen) atoms. The van der Waals surface area contributed by atoms with Crippen molar-refractivity contribution in [1.82, 2.24) is 15.7 Å². The number of amides is 3. The SMILES string of the molecule is CC(C)C[C@H]1C(=O)N[C@H](C(=O)N(C)C)Cc2ccc(cc2)OCCCCC[C@@H]1C(=O)NO. The van der Waals surface area contributed by atoms with Gasteiger partial charge in [-0.05, 0) is 42.9 Å². The van der Waals surface area contributed by atoms with Crippen LogP contribution in [-0.4, -0.2) is 54.6 Å². The summed E-state index contributed by atoms with van der Waals surface area (Å²) in [5.41, 5.74) is 2.64. The summed E-state index contributed by atoms with van der Waals surface area (Å²) in [6, 6.07) is 6.80. The van der Waals surface area contributed by atoms with Crippen LogP contribution in [0.25, 0.3) is 0 Å². The highest BCUT2D eigenvalue weighted by atomic mass is 16.5. The number of hydrogen-bond donors (Lipinski definition) is 3. The molecule has 1 aromatic rings. The zero-order valence-corrected chi connectivity index (χ0v) is 19.6. The predicted molar refractivity (Wildman–Crippen MR) is 121 cm³/mol. The van der Waals surface area contributed by atoms with E-state index in [1.807, 2.05) is 38.1 Å². The third-order valence-corrected chi connectivity index (χ3v) is 5.84. The Hall–Kier alpha value is -2.61. The monoisotopic (exact) mass is 447 g/mol. The molecule has 0 radical (unpaired) electrons. The molecule has 3 amide bonds. The predicted octanol–water partition coefficient (Wildman–Crippen LogP) is 2.54. The Balaban J connectivity index is 2.39. The van der Waals surface area contributed by atoms with E-state index in [9.17, 15) is 19.6 Å². The fourth-order valence-corrected chi connectivity index (χ4v) is 4.14. The maximum Gasteiger partial charge on any atom is 0.247 e. The Kier molecular flexibility index (Phi) is 9.97. The topological polar surface area (TPSA) is 108 Å². The van der Waals surface area contributed by atoms with E-state index in [0.717, 1.165) is 30.6 Å². The molecule has 0 spiro atoms. The van der Waals surface area contributed by atoms with Crippen molar-refractivity contribution in [3.05, 3.63) is 29.8 Å². The number of rotatable bonds is 4. The Morgan fingerprint density at radius 1 is 1.19 bits per heavy atom. The van der Waals surface area contributed by atoms with Gasteiger partial charge in [0.1, 0.15) is 11.8 Å². The molecule has 2 heterocycles. The molecule has 3 atom stereocenters. The number of hydrogen-bond acceptors (Lipinski definition) is 5. The molecule has 0 saturated heterocycles. The summed E-state index contributed by atoms with van der Waals surface area (Å²) >= 11 is 0. The van der Waals surface area contributed by atoms with E-state index in [1.54, 1.807) is 19.6 Å². The Bertz CT molecular complexity index is 763. The van der Waals surface area contributed by atoms with Gasteiger partial charge in [-0.2, -0.15) is 0 Å². The van der Waals surface area contributed by atoms with Gasteiger partial charge in [0, 0.05) is 26.4 Å². The molecule has 178 valence electrons. The van der Waals surface area contributed by atoms with Crippen LogP contribution in [0.5, 0.6) is 5.75 Å². The van der Waals surface area contributed by atoms with Crippen LogP contribution < -0.4 is 15.5 Å². The van der Waals surface area contributed by atoms with Gasteiger partial charge in [-0.15, -0.1) is 0 Å². The largest absolute Gasteiger partial charge is 0.494 e. The van der Waals surface area contributed by atoms with Gasteiger partial charge in [0.2, 0.25) is 17.7 Å². The van der Waals surface area contributed by atoms with E-state index in [0.29, 0.717) is 25.9 Å². The first-order chi connectivity index (χ1) is 15.2. The molecule has 3 N–H and O–H groups in total. The number of likely N-dealkylation sites (N-methyl/N-ethyl adjacent to an activating group) is 1. The van der Waals surface area contributed by atoms with E-state index >= 15 is 0 Å². The van der Waals surface area contributed by atoms with Crippen LogP contribution in [0.15, 0.2) is 24.3 Å². The van der Waals surface area contributed by atoms with Gasteiger partial charge in [0.15, 0.2) is 0 Å². The van der Waals surface area contributed by atoms with Crippen molar-refractivity contribution in [3.8, 4) is 5.75 Å². The maximum atomic E-state index is 13.4. The van der Waals surface area contributed by atoms with Gasteiger partial charge in [0.05, 0.1) is 12.5 Å². The molecule has 8 nitrogen and oxygen atoms in total. The van der Waals surface area contributed by atoms with E-state index in [-0.39, 0.29) is 17.7 Å². The number of hydroxylamine groups is 1. The highest BCUT2D eigenvalue weighted by Crippen LogP contribution is 2.27. The summed E-state index contributed by atoms with van der Waals surface area (Å²) in [5, 5.41) is 12.2. The number of ether oxygens (including phenoxy) is 1. The molecule has 0 aromatic heterocycles. The molecule has 0 unspecified atom stereocenters. The van der Waals surface area contributed by atoms with E-state index in [1.165, 1.54) is 4.90 Å². The van der Waals surface area contributed by atoms with Crippen LogP contribution in [0.1, 0.15) is 51.5 Å². The van der Waals surface area contributed by atoms with Gasteiger partial charge < -0.3 is 15.0 Å². The first-order valence-corrected chi connectivity index (χ1v) is 11.4. The van der Waals surface area contributed by atoms with Crippen molar-refractivity contribution in [2.24, 2.45) is 17.8 Å². The maximum absolute atomic E-state index is 13.4. The Morgan fingerprint density at radius 2 is 1.88 bits per heavy atom. The number of fused-ring (bicyclic) bond motifs is 13. The van der Waals surface area contributed by atoms with Crippen molar-refractivity contribution >= 4 is 17.7 Å². The minimum absolute atomic E-state index is 0.161. The van der Waals surface area contributed by atoms with Gasteiger partial charge in [-0.3, -0.25) is 19.6 Å². The summed E-state index contributed by atoms with van der Waals surface area (Å²) < 4.78 is 5.79. The van der Waals surface area contributed by atoms with Crippen molar-refractivity contribution in [3.63, 3.8) is 0 Å². The van der Waals surface area contributed by atoms with Crippen molar-refractivity contribution < 1.29 is 24.3 Å². The highest BCUT2D eigenvalue weighted by Gasteiger charge is 2.36. The van der Waals surface area contributed by atoms with Gasteiger partial charge in [-0.1, -0.05) is 38.8 Å². The minimum Gasteiger partial charge on any atom is -0.494 e. The van der Waals surface area contributed by atoms with Crippen LogP contribution in [-0.2, 0) is 20.8 Å². The second-order valence-corrected chi connectivity index (χ2v) is 9.16. The van der Waals surface area contributed by atoms with E-state index in [2.05, 4.69) is 5.32 Å². The quantitative estimate of drug-likeness (QED) is 0.486. The van der Waals surface area contributed by atoms with Crippen LogP contribution in [0, 0.1) is 17.8 Å². The number of carbonyl (C=O) groups excluding carboxylic acids is 3. The molecule has 0 fully saturated rings. The van der Waals surface area contributed by atoms with Crippen molar-refractivity contribution in [2.45, 2.75) is 58.4 Å². The van der Waals surface area contributed by atoms with Crippen molar-refractivity contribution in [1.29, 1.82) is 0 Å². The molecule has 3 rings (SSSR count). The van der Waals surface area contributed by atoms with Crippen LogP contribution in [0.2, 0.25) is 0 Å². The first kappa shape index (κ1) is 25.6. The first-order valence-electron chi connectivity index (χ1n) is 11.4. The normalized spacial score (nSPS) is 22.7. The molecular formula is C24H37N3O5. The van der Waals surface area contributed by atoms with Crippen LogP contribution in [0.3, 0.4) is 0 Å². The van der Waals surface area contributed by atoms with Gasteiger partial charge in [-0.25, -0.2) is 5.48 Å². The van der Waals surface area contributed by atoms with Crippen molar-refractivity contribution in [2.75, 3.05) is 20.7 Å². The zero-order chi connectivity index (χ0) is 23.7. The summed E-state index contributed by atoms with van der Waals surface area (Å²) in [6.07, 6.45) is 3.67. The third-order valence-electron chi connectivity index (χ3n) is 5.84. The van der Waals surface area contributed by atoms with E-state index < -0.39 is 23.8 Å². The molecule has 0 saturated carbocycles. The average molecular weight is 448 g/mol. The molecule has 0 aliphatic carbocycles. The summed E-state index contributed by atoms with van der Waals surface area (Å²) in [6.45, 7) is 4.54. The highest BCUT2D eigenvalue weighted by molar-refractivity contribution is 5.91. The molecule has 2 bridgehead atoms.